The van der Waals surface area contributed by atoms with Crippen molar-refractivity contribution in [3.8, 4) is 0 Å². The SMILES string of the molecule is CC1C=CC(C2=CC(C3(C)C=CCCC3)=CCC2)=C(NC2=CC=CCC2)C1. The van der Waals surface area contributed by atoms with E-state index in [9.17, 15) is 0 Å². The minimum absolute atomic E-state index is 0.223. The molecular weight excluding hydrogens is 326 g/mol. The summed E-state index contributed by atoms with van der Waals surface area (Å²) in [6.45, 7) is 4.73. The first-order chi connectivity index (χ1) is 13.1. The molecule has 0 bridgehead atoms. The van der Waals surface area contributed by atoms with Gasteiger partial charge in [-0.1, -0.05) is 62.5 Å². The summed E-state index contributed by atoms with van der Waals surface area (Å²) in [5.41, 5.74) is 7.49. The van der Waals surface area contributed by atoms with Gasteiger partial charge in [-0.15, -0.1) is 0 Å². The number of rotatable bonds is 4. The monoisotopic (exact) mass is 359 g/mol. The van der Waals surface area contributed by atoms with Crippen LogP contribution in [-0.2, 0) is 0 Å². The van der Waals surface area contributed by atoms with E-state index in [2.05, 4.69) is 73.8 Å². The van der Waals surface area contributed by atoms with Crippen LogP contribution < -0.4 is 5.32 Å². The molecule has 4 aliphatic rings. The maximum Gasteiger partial charge on any atom is 0.0230 e. The van der Waals surface area contributed by atoms with E-state index in [1.54, 1.807) is 0 Å². The highest BCUT2D eigenvalue weighted by molar-refractivity contribution is 5.52. The fourth-order valence-electron chi connectivity index (χ4n) is 4.75. The largest absolute Gasteiger partial charge is 0.362 e. The maximum absolute atomic E-state index is 3.80. The van der Waals surface area contributed by atoms with Crippen molar-refractivity contribution in [1.29, 1.82) is 0 Å². The molecule has 0 radical (unpaired) electrons. The third-order valence-corrected chi connectivity index (χ3v) is 6.43. The molecule has 0 saturated heterocycles. The minimum atomic E-state index is 0.223. The molecular formula is C26H33N. The highest BCUT2D eigenvalue weighted by atomic mass is 14.9. The Kier molecular flexibility index (Phi) is 5.38. The molecule has 0 amide bonds. The first-order valence-electron chi connectivity index (χ1n) is 10.8. The summed E-state index contributed by atoms with van der Waals surface area (Å²) in [7, 11) is 0. The third kappa shape index (κ3) is 4.13. The van der Waals surface area contributed by atoms with E-state index < -0.39 is 0 Å². The van der Waals surface area contributed by atoms with Gasteiger partial charge in [0.1, 0.15) is 0 Å². The lowest BCUT2D eigenvalue weighted by atomic mass is 9.72. The molecule has 1 nitrogen and oxygen atoms in total. The Labute approximate surface area is 165 Å². The summed E-state index contributed by atoms with van der Waals surface area (Å²) in [4.78, 5) is 0. The predicted molar refractivity (Wildman–Crippen MR) is 116 cm³/mol. The Morgan fingerprint density at radius 3 is 2.81 bits per heavy atom. The van der Waals surface area contributed by atoms with Gasteiger partial charge in [0, 0.05) is 16.8 Å². The minimum Gasteiger partial charge on any atom is -0.362 e. The molecule has 2 unspecified atom stereocenters. The van der Waals surface area contributed by atoms with Crippen LogP contribution in [0.4, 0.5) is 0 Å². The van der Waals surface area contributed by atoms with Crippen LogP contribution >= 0.6 is 0 Å². The molecule has 27 heavy (non-hydrogen) atoms. The van der Waals surface area contributed by atoms with E-state index in [-0.39, 0.29) is 5.41 Å². The van der Waals surface area contributed by atoms with Crippen LogP contribution in [0.3, 0.4) is 0 Å². The van der Waals surface area contributed by atoms with E-state index in [1.165, 1.54) is 47.4 Å². The van der Waals surface area contributed by atoms with Crippen molar-refractivity contribution in [3.05, 3.63) is 82.8 Å². The average molecular weight is 360 g/mol. The molecule has 0 aromatic heterocycles. The predicted octanol–water partition coefficient (Wildman–Crippen LogP) is 7.05. The van der Waals surface area contributed by atoms with Gasteiger partial charge >= 0.3 is 0 Å². The number of allylic oxidation sites excluding steroid dienone is 14. The van der Waals surface area contributed by atoms with Gasteiger partial charge in [0.15, 0.2) is 0 Å². The molecule has 2 atom stereocenters. The van der Waals surface area contributed by atoms with Crippen LogP contribution in [0.5, 0.6) is 0 Å². The van der Waals surface area contributed by atoms with Crippen molar-refractivity contribution in [1.82, 2.24) is 5.32 Å². The summed E-state index contributed by atoms with van der Waals surface area (Å²) < 4.78 is 0. The van der Waals surface area contributed by atoms with Gasteiger partial charge in [-0.05, 0) is 80.1 Å². The van der Waals surface area contributed by atoms with Gasteiger partial charge in [0.2, 0.25) is 0 Å². The fraction of sp³-hybridized carbons (Fsp3) is 0.462. The highest BCUT2D eigenvalue weighted by Crippen LogP contribution is 2.42. The summed E-state index contributed by atoms with van der Waals surface area (Å²) in [6, 6.07) is 0. The molecule has 0 aromatic carbocycles. The quantitative estimate of drug-likeness (QED) is 0.530. The van der Waals surface area contributed by atoms with Gasteiger partial charge in [0.25, 0.3) is 0 Å². The van der Waals surface area contributed by atoms with Gasteiger partial charge in [-0.3, -0.25) is 0 Å². The standard InChI is InChI=1S/C26H33N/c1-20-14-15-24(25(18-20)27-23-12-5-3-6-13-23)21-10-9-11-22(19-21)26(2)16-7-4-8-17-26/h3,5,7,11-12,14-16,19-20,27H,4,6,8-10,13,17-18H2,1-2H3. The lowest BCUT2D eigenvalue weighted by Gasteiger charge is -2.33. The molecule has 142 valence electrons. The van der Waals surface area contributed by atoms with E-state index in [0.29, 0.717) is 5.92 Å². The van der Waals surface area contributed by atoms with E-state index in [0.717, 1.165) is 32.1 Å². The second-order valence-corrected chi connectivity index (χ2v) is 8.80. The number of hydrogen-bond acceptors (Lipinski definition) is 1. The lowest BCUT2D eigenvalue weighted by Crippen LogP contribution is -2.22. The second kappa shape index (κ2) is 7.92. The van der Waals surface area contributed by atoms with E-state index in [4.69, 9.17) is 0 Å². The van der Waals surface area contributed by atoms with E-state index in [1.807, 2.05) is 0 Å². The topological polar surface area (TPSA) is 12.0 Å². The second-order valence-electron chi connectivity index (χ2n) is 8.80. The van der Waals surface area contributed by atoms with Crippen molar-refractivity contribution in [2.75, 3.05) is 0 Å². The zero-order chi connectivity index (χ0) is 18.7. The molecule has 0 saturated carbocycles. The van der Waals surface area contributed by atoms with Crippen LogP contribution in [0.2, 0.25) is 0 Å². The molecule has 0 spiro atoms. The Morgan fingerprint density at radius 1 is 1.11 bits per heavy atom. The van der Waals surface area contributed by atoms with E-state index >= 15 is 0 Å². The van der Waals surface area contributed by atoms with Crippen LogP contribution in [0, 0.1) is 11.3 Å². The van der Waals surface area contributed by atoms with Gasteiger partial charge in [-0.25, -0.2) is 0 Å². The maximum atomic E-state index is 3.80. The van der Waals surface area contributed by atoms with Crippen molar-refractivity contribution >= 4 is 0 Å². The van der Waals surface area contributed by atoms with Crippen molar-refractivity contribution in [2.45, 2.75) is 65.2 Å². The normalized spacial score (nSPS) is 30.7. The van der Waals surface area contributed by atoms with Crippen molar-refractivity contribution in [2.24, 2.45) is 11.3 Å². The van der Waals surface area contributed by atoms with Crippen molar-refractivity contribution < 1.29 is 0 Å². The molecule has 1 heteroatoms. The Balaban J connectivity index is 1.65. The van der Waals surface area contributed by atoms with Gasteiger partial charge in [-0.2, -0.15) is 0 Å². The number of nitrogens with one attached hydrogen (secondary N) is 1. The fourth-order valence-corrected chi connectivity index (χ4v) is 4.75. The molecule has 0 fully saturated rings. The molecule has 4 rings (SSSR count). The van der Waals surface area contributed by atoms with Gasteiger partial charge in [0.05, 0.1) is 0 Å². The smallest absolute Gasteiger partial charge is 0.0230 e. The molecule has 0 heterocycles. The molecule has 0 aromatic rings. The first-order valence-corrected chi connectivity index (χ1v) is 10.8. The zero-order valence-corrected chi connectivity index (χ0v) is 16.9. The summed E-state index contributed by atoms with van der Waals surface area (Å²) in [5.74, 6) is 0.606. The Morgan fingerprint density at radius 2 is 2.04 bits per heavy atom. The van der Waals surface area contributed by atoms with Crippen LogP contribution in [0.1, 0.15) is 65.2 Å². The summed E-state index contributed by atoms with van der Waals surface area (Å²) in [6.07, 6.45) is 30.8. The molecule has 1 N–H and O–H groups in total. The Bertz CT molecular complexity index is 796. The first kappa shape index (κ1) is 18.3. The molecule has 0 aliphatic heterocycles. The zero-order valence-electron chi connectivity index (χ0n) is 16.9. The third-order valence-electron chi connectivity index (χ3n) is 6.43. The average Bonchev–Trinajstić information content (AvgIpc) is 2.70. The van der Waals surface area contributed by atoms with Crippen LogP contribution in [0.15, 0.2) is 82.8 Å². The van der Waals surface area contributed by atoms with Crippen LogP contribution in [-0.4, -0.2) is 0 Å². The molecule has 4 aliphatic carbocycles. The summed E-state index contributed by atoms with van der Waals surface area (Å²) >= 11 is 0. The lowest BCUT2D eigenvalue weighted by molar-refractivity contribution is 0.438. The summed E-state index contributed by atoms with van der Waals surface area (Å²) in [5, 5.41) is 3.80. The van der Waals surface area contributed by atoms with Crippen LogP contribution in [0.25, 0.3) is 0 Å². The van der Waals surface area contributed by atoms with Gasteiger partial charge < -0.3 is 5.32 Å². The highest BCUT2D eigenvalue weighted by Gasteiger charge is 2.28. The number of hydrogen-bond donors (Lipinski definition) is 1. The Hall–Kier alpha value is -2.02. The van der Waals surface area contributed by atoms with Crippen molar-refractivity contribution in [3.63, 3.8) is 0 Å².